The van der Waals surface area contributed by atoms with Gasteiger partial charge in [-0.1, -0.05) is 30.3 Å². The maximum Gasteiger partial charge on any atom is 0.514 e. The molecule has 1 aromatic heterocycles. The van der Waals surface area contributed by atoms with E-state index in [0.717, 1.165) is 17.0 Å². The largest absolute Gasteiger partial charge is 0.514 e. The second-order valence-electron chi connectivity index (χ2n) is 6.52. The Labute approximate surface area is 126 Å². The number of hydrogen-bond donors (Lipinski definition) is 0. The lowest BCUT2D eigenvalue weighted by molar-refractivity contribution is 0.00578. The molecule has 1 aromatic carbocycles. The van der Waals surface area contributed by atoms with Crippen LogP contribution < -0.4 is 5.59 Å². The molecule has 1 aliphatic rings. The zero-order chi connectivity index (χ0) is 15.3. The number of hydrogen-bond acceptors (Lipinski definition) is 3. The number of imidazole rings is 1. The molecule has 0 radical (unpaired) electrons. The van der Waals surface area contributed by atoms with Gasteiger partial charge >= 0.3 is 7.12 Å². The van der Waals surface area contributed by atoms with Crippen molar-refractivity contribution in [2.75, 3.05) is 0 Å². The van der Waals surface area contributed by atoms with Gasteiger partial charge in [-0.25, -0.2) is 4.98 Å². The highest BCUT2D eigenvalue weighted by Crippen LogP contribution is 2.36. The van der Waals surface area contributed by atoms with Crippen LogP contribution in [0.4, 0.5) is 0 Å². The molecule has 21 heavy (non-hydrogen) atoms. The second-order valence-corrected chi connectivity index (χ2v) is 6.52. The smallest absolute Gasteiger partial charge is 0.398 e. The molecule has 0 spiro atoms. The van der Waals surface area contributed by atoms with Crippen LogP contribution in [0.5, 0.6) is 0 Å². The molecule has 2 heterocycles. The van der Waals surface area contributed by atoms with Gasteiger partial charge in [0.25, 0.3) is 0 Å². The molecule has 2 aromatic rings. The van der Waals surface area contributed by atoms with Gasteiger partial charge in [-0.15, -0.1) is 0 Å². The Bertz CT molecular complexity index is 634. The lowest BCUT2D eigenvalue weighted by Gasteiger charge is -2.32. The third-order valence-corrected chi connectivity index (χ3v) is 4.55. The summed E-state index contributed by atoms with van der Waals surface area (Å²) in [5, 5.41) is 0. The van der Waals surface area contributed by atoms with E-state index in [9.17, 15) is 0 Å². The molecule has 0 amide bonds. The maximum absolute atomic E-state index is 6.10. The lowest BCUT2D eigenvalue weighted by atomic mass is 9.85. The van der Waals surface area contributed by atoms with Gasteiger partial charge in [0.15, 0.2) is 0 Å². The molecular weight excluding hydrogens is 263 g/mol. The zero-order valence-electron chi connectivity index (χ0n) is 13.3. The molecule has 110 valence electrons. The van der Waals surface area contributed by atoms with E-state index in [1.807, 2.05) is 36.0 Å². The van der Waals surface area contributed by atoms with Crippen molar-refractivity contribution in [1.29, 1.82) is 0 Å². The molecule has 0 saturated carbocycles. The lowest BCUT2D eigenvalue weighted by Crippen LogP contribution is -2.41. The summed E-state index contributed by atoms with van der Waals surface area (Å²) in [4.78, 5) is 4.53. The van der Waals surface area contributed by atoms with E-state index in [1.54, 1.807) is 0 Å². The van der Waals surface area contributed by atoms with E-state index in [4.69, 9.17) is 9.31 Å². The van der Waals surface area contributed by atoms with Crippen molar-refractivity contribution in [3.8, 4) is 11.4 Å². The molecule has 0 N–H and O–H groups in total. The standard InChI is InChI=1S/C16H21BN2O2/c1-15(2)16(3,4)21-17(20-15)13-11-18-14(19(13)5)12-9-7-6-8-10-12/h6-11H,1-5H3. The quantitative estimate of drug-likeness (QED) is 0.794. The third kappa shape index (κ3) is 2.30. The summed E-state index contributed by atoms with van der Waals surface area (Å²) in [6.45, 7) is 8.23. The van der Waals surface area contributed by atoms with Gasteiger partial charge in [0, 0.05) is 18.8 Å². The molecule has 1 aliphatic heterocycles. The first-order chi connectivity index (χ1) is 9.82. The Morgan fingerprint density at radius 1 is 1.00 bits per heavy atom. The molecule has 3 rings (SSSR count). The van der Waals surface area contributed by atoms with Crippen molar-refractivity contribution in [3.05, 3.63) is 36.5 Å². The topological polar surface area (TPSA) is 36.3 Å². The van der Waals surface area contributed by atoms with Gasteiger partial charge in [-0.2, -0.15) is 0 Å². The average Bonchev–Trinajstić information content (AvgIpc) is 2.89. The molecule has 0 unspecified atom stereocenters. The van der Waals surface area contributed by atoms with Crippen LogP contribution in [-0.2, 0) is 16.4 Å². The fourth-order valence-corrected chi connectivity index (χ4v) is 2.46. The Morgan fingerprint density at radius 2 is 1.57 bits per heavy atom. The van der Waals surface area contributed by atoms with Gasteiger partial charge in [0.2, 0.25) is 0 Å². The highest BCUT2D eigenvalue weighted by atomic mass is 16.7. The maximum atomic E-state index is 6.10. The molecule has 0 aliphatic carbocycles. The Hall–Kier alpha value is -1.59. The summed E-state index contributed by atoms with van der Waals surface area (Å²) in [6, 6.07) is 10.1. The Balaban J connectivity index is 1.94. The van der Waals surface area contributed by atoms with E-state index < -0.39 is 0 Å². The van der Waals surface area contributed by atoms with E-state index in [1.165, 1.54) is 0 Å². The van der Waals surface area contributed by atoms with E-state index in [0.29, 0.717) is 0 Å². The van der Waals surface area contributed by atoms with Crippen LogP contribution in [0, 0.1) is 0 Å². The monoisotopic (exact) mass is 284 g/mol. The van der Waals surface area contributed by atoms with Gasteiger partial charge in [-0.05, 0) is 27.7 Å². The Kier molecular flexibility index (Phi) is 3.22. The van der Waals surface area contributed by atoms with Gasteiger partial charge < -0.3 is 13.9 Å². The minimum absolute atomic E-state index is 0.338. The Morgan fingerprint density at radius 3 is 2.14 bits per heavy atom. The SMILES string of the molecule is Cn1c(B2OC(C)(C)C(C)(C)O2)cnc1-c1ccccc1. The van der Waals surface area contributed by atoms with E-state index >= 15 is 0 Å². The molecule has 0 bridgehead atoms. The van der Waals surface area contributed by atoms with Gasteiger partial charge in [-0.3, -0.25) is 0 Å². The molecule has 0 atom stereocenters. The van der Waals surface area contributed by atoms with Crippen LogP contribution in [0.25, 0.3) is 11.4 Å². The first kappa shape index (κ1) is 14.4. The molecule has 4 nitrogen and oxygen atoms in total. The fraction of sp³-hybridized carbons (Fsp3) is 0.438. The molecule has 1 saturated heterocycles. The van der Waals surface area contributed by atoms with Crippen molar-refractivity contribution in [1.82, 2.24) is 9.55 Å². The molecule has 1 fully saturated rings. The van der Waals surface area contributed by atoms with E-state index in [-0.39, 0.29) is 18.3 Å². The minimum atomic E-state index is -0.384. The number of benzene rings is 1. The number of rotatable bonds is 2. The summed E-state index contributed by atoms with van der Waals surface area (Å²) in [6.07, 6.45) is 1.84. The summed E-state index contributed by atoms with van der Waals surface area (Å²) in [5.41, 5.74) is 1.35. The van der Waals surface area contributed by atoms with Crippen molar-refractivity contribution in [3.63, 3.8) is 0 Å². The zero-order valence-corrected chi connectivity index (χ0v) is 13.3. The summed E-state index contributed by atoms with van der Waals surface area (Å²) in [5.74, 6) is 0.917. The highest BCUT2D eigenvalue weighted by molar-refractivity contribution is 6.61. The fourth-order valence-electron chi connectivity index (χ4n) is 2.46. The highest BCUT2D eigenvalue weighted by Gasteiger charge is 2.52. The molecular formula is C16H21BN2O2. The third-order valence-electron chi connectivity index (χ3n) is 4.55. The summed E-state index contributed by atoms with van der Waals surface area (Å²) < 4.78 is 14.2. The summed E-state index contributed by atoms with van der Waals surface area (Å²) >= 11 is 0. The van der Waals surface area contributed by atoms with Crippen LogP contribution >= 0.6 is 0 Å². The van der Waals surface area contributed by atoms with Crippen molar-refractivity contribution >= 4 is 12.7 Å². The van der Waals surface area contributed by atoms with Crippen molar-refractivity contribution in [2.24, 2.45) is 7.05 Å². The van der Waals surface area contributed by atoms with Crippen molar-refractivity contribution in [2.45, 2.75) is 38.9 Å². The van der Waals surface area contributed by atoms with Crippen molar-refractivity contribution < 1.29 is 9.31 Å². The average molecular weight is 284 g/mol. The second kappa shape index (κ2) is 4.72. The van der Waals surface area contributed by atoms with Crippen LogP contribution in [0.2, 0.25) is 0 Å². The van der Waals surface area contributed by atoms with Crippen LogP contribution in [0.3, 0.4) is 0 Å². The summed E-state index contributed by atoms with van der Waals surface area (Å²) in [7, 11) is 1.61. The predicted molar refractivity (Wildman–Crippen MR) is 84.4 cm³/mol. The first-order valence-electron chi connectivity index (χ1n) is 7.24. The minimum Gasteiger partial charge on any atom is -0.398 e. The molecule has 5 heteroatoms. The van der Waals surface area contributed by atoms with Gasteiger partial charge in [0.05, 0.1) is 16.8 Å². The number of nitrogens with zero attached hydrogens (tertiary/aromatic N) is 2. The van der Waals surface area contributed by atoms with Gasteiger partial charge in [0.1, 0.15) is 5.82 Å². The first-order valence-corrected chi connectivity index (χ1v) is 7.24. The van der Waals surface area contributed by atoms with Crippen LogP contribution in [-0.4, -0.2) is 27.9 Å². The number of aromatic nitrogens is 2. The van der Waals surface area contributed by atoms with E-state index in [2.05, 4.69) is 44.8 Å². The predicted octanol–water partition coefficient (Wildman–Crippen LogP) is 2.39. The van der Waals surface area contributed by atoms with Crippen LogP contribution in [0.15, 0.2) is 36.5 Å². The van der Waals surface area contributed by atoms with Crippen LogP contribution in [0.1, 0.15) is 27.7 Å². The normalized spacial score (nSPS) is 20.0.